The molecule has 0 aliphatic carbocycles. The van der Waals surface area contributed by atoms with E-state index >= 15 is 0 Å². The molecule has 0 radical (unpaired) electrons. The third-order valence-corrected chi connectivity index (χ3v) is 7.41. The van der Waals surface area contributed by atoms with Crippen molar-refractivity contribution in [1.29, 1.82) is 0 Å². The van der Waals surface area contributed by atoms with Crippen LogP contribution >= 0.6 is 0 Å². The van der Waals surface area contributed by atoms with Crippen molar-refractivity contribution in [2.45, 2.75) is 0 Å². The van der Waals surface area contributed by atoms with Gasteiger partial charge in [0.2, 0.25) is 0 Å². The highest BCUT2D eigenvalue weighted by molar-refractivity contribution is 6.21. The number of benzene rings is 8. The van der Waals surface area contributed by atoms with Gasteiger partial charge in [-0.2, -0.15) is 0 Å². The maximum absolute atomic E-state index is 9.59. The Kier molecular flexibility index (Phi) is 3.42. The molecule has 0 aliphatic heterocycles. The molecule has 0 N–H and O–H groups in total. The first-order chi connectivity index (χ1) is 24.0. The summed E-state index contributed by atoms with van der Waals surface area (Å²) in [6, 6.07) is 26.7. The Morgan fingerprint density at radius 2 is 0.975 bits per heavy atom. The Balaban J connectivity index is 1.51. The Hall–Kier alpha value is -5.20. The summed E-state index contributed by atoms with van der Waals surface area (Å²) in [4.78, 5) is 0. The molecule has 0 unspecified atom stereocenters. The minimum absolute atomic E-state index is 0.0236. The molecule has 8 aromatic carbocycles. The molecule has 40 heavy (non-hydrogen) atoms. The van der Waals surface area contributed by atoms with Crippen LogP contribution in [0.15, 0.2) is 157 Å². The van der Waals surface area contributed by atoms with Gasteiger partial charge in [-0.1, -0.05) is 139 Å². The standard InChI is InChI=1S/C40H26/c1-3-12-29-24-32(22-20-27(29)10-1)31-14-9-15-33(26-31)39-35-16-5-7-18-37(35)40(38-19-8-6-17-36(38)39)34-23-21-28-11-2-4-13-30(28)25-34/h1-26H/i1D,3D,9D,10D,14D,15D,20D,22D,24D,26D. The number of rotatable bonds is 3. The molecule has 8 rings (SSSR count). The molecule has 0 saturated heterocycles. The van der Waals surface area contributed by atoms with Crippen LogP contribution in [0.25, 0.3) is 76.5 Å². The molecule has 0 heteroatoms. The maximum atomic E-state index is 9.59. The van der Waals surface area contributed by atoms with E-state index in [9.17, 15) is 1.37 Å². The van der Waals surface area contributed by atoms with Gasteiger partial charge in [-0.3, -0.25) is 0 Å². The summed E-state index contributed by atoms with van der Waals surface area (Å²) in [6.45, 7) is 0. The van der Waals surface area contributed by atoms with E-state index in [1.807, 2.05) is 60.7 Å². The molecule has 0 heterocycles. The average Bonchev–Trinajstić information content (AvgIpc) is 3.12. The third-order valence-electron chi connectivity index (χ3n) is 7.41. The zero-order chi connectivity index (χ0) is 35.2. The fourth-order valence-corrected chi connectivity index (χ4v) is 5.61. The summed E-state index contributed by atoms with van der Waals surface area (Å²) in [7, 11) is 0. The number of hydrogen-bond acceptors (Lipinski definition) is 0. The number of hydrogen-bond donors (Lipinski definition) is 0. The summed E-state index contributed by atoms with van der Waals surface area (Å²) in [6.07, 6.45) is 0. The molecule has 0 aromatic heterocycles. The molecular formula is C40H26. The van der Waals surface area contributed by atoms with E-state index in [4.69, 9.17) is 12.3 Å². The van der Waals surface area contributed by atoms with Gasteiger partial charge in [0.05, 0.1) is 13.7 Å². The van der Waals surface area contributed by atoms with Crippen molar-refractivity contribution in [1.82, 2.24) is 0 Å². The van der Waals surface area contributed by atoms with Crippen molar-refractivity contribution in [2.24, 2.45) is 0 Å². The Morgan fingerprint density at radius 1 is 0.350 bits per heavy atom. The van der Waals surface area contributed by atoms with Gasteiger partial charge in [0.15, 0.2) is 0 Å². The lowest BCUT2D eigenvalue weighted by molar-refractivity contribution is 1.63. The summed E-state index contributed by atoms with van der Waals surface area (Å²) in [5, 5.41) is 5.18. The molecule has 0 amide bonds. The van der Waals surface area contributed by atoms with E-state index in [-0.39, 0.29) is 51.6 Å². The molecule has 0 fully saturated rings. The smallest absolute Gasteiger partial charge is 0.0616 e. The van der Waals surface area contributed by atoms with Crippen molar-refractivity contribution >= 4 is 43.1 Å². The van der Waals surface area contributed by atoms with Gasteiger partial charge in [0.1, 0.15) is 0 Å². The van der Waals surface area contributed by atoms with Crippen LogP contribution in [0.5, 0.6) is 0 Å². The third kappa shape index (κ3) is 3.69. The Bertz CT molecular complexity index is 2710. The minimum Gasteiger partial charge on any atom is -0.0616 e. The fourth-order valence-electron chi connectivity index (χ4n) is 5.61. The Morgan fingerprint density at radius 3 is 1.73 bits per heavy atom. The molecule has 0 nitrogen and oxygen atoms in total. The first-order valence-corrected chi connectivity index (χ1v) is 13.0. The normalized spacial score (nSPS) is 15.0. The molecular weight excluding hydrogens is 480 g/mol. The highest BCUT2D eigenvalue weighted by Crippen LogP contribution is 2.44. The molecule has 0 aliphatic rings. The van der Waals surface area contributed by atoms with Crippen molar-refractivity contribution < 1.29 is 13.7 Å². The second kappa shape index (κ2) is 9.22. The summed E-state index contributed by atoms with van der Waals surface area (Å²) >= 11 is 0. The topological polar surface area (TPSA) is 0 Å². The largest absolute Gasteiger partial charge is 0.0636 e. The molecule has 8 aromatic rings. The molecule has 0 spiro atoms. The second-order valence-electron chi connectivity index (χ2n) is 9.73. The molecule has 0 bridgehead atoms. The summed E-state index contributed by atoms with van der Waals surface area (Å²) in [5.74, 6) is 0. The van der Waals surface area contributed by atoms with Crippen LogP contribution in [0.1, 0.15) is 13.7 Å². The van der Waals surface area contributed by atoms with Crippen LogP contribution in [-0.2, 0) is 0 Å². The quantitative estimate of drug-likeness (QED) is 0.205. The second-order valence-corrected chi connectivity index (χ2v) is 9.73. The lowest BCUT2D eigenvalue weighted by Gasteiger charge is -2.18. The average molecular weight is 517 g/mol. The van der Waals surface area contributed by atoms with Gasteiger partial charge in [0.25, 0.3) is 0 Å². The zero-order valence-corrected chi connectivity index (χ0v) is 21.2. The van der Waals surface area contributed by atoms with E-state index in [1.165, 1.54) is 6.07 Å². The van der Waals surface area contributed by atoms with Gasteiger partial charge < -0.3 is 0 Å². The van der Waals surface area contributed by atoms with E-state index in [0.717, 1.165) is 43.4 Å². The van der Waals surface area contributed by atoms with E-state index in [0.29, 0.717) is 5.56 Å². The van der Waals surface area contributed by atoms with Gasteiger partial charge in [0, 0.05) is 0 Å². The lowest BCUT2D eigenvalue weighted by atomic mass is 9.85. The molecule has 186 valence electrons. The number of fused-ring (bicyclic) bond motifs is 4. The van der Waals surface area contributed by atoms with Crippen LogP contribution in [0.2, 0.25) is 0 Å². The van der Waals surface area contributed by atoms with Crippen LogP contribution in [-0.4, -0.2) is 0 Å². The van der Waals surface area contributed by atoms with Crippen molar-refractivity contribution in [3.05, 3.63) is 157 Å². The van der Waals surface area contributed by atoms with Gasteiger partial charge in [-0.25, -0.2) is 0 Å². The van der Waals surface area contributed by atoms with E-state index < -0.39 is 36.3 Å². The van der Waals surface area contributed by atoms with Gasteiger partial charge in [-0.05, 0) is 94.6 Å². The van der Waals surface area contributed by atoms with Crippen LogP contribution in [0, 0.1) is 0 Å². The SMILES string of the molecule is [2H]c1cc2c([2H])c(-c3c([2H])c([2H])c([2H])c(-c4c5ccccc5c(-c5ccc6ccccc6c5)c5ccccc45)c3[2H])c([2H])c([2H])c2c([2H])c1[2H]. The monoisotopic (exact) mass is 516 g/mol. The van der Waals surface area contributed by atoms with Gasteiger partial charge >= 0.3 is 0 Å². The molecule has 0 atom stereocenters. The van der Waals surface area contributed by atoms with Crippen LogP contribution in [0.3, 0.4) is 0 Å². The highest BCUT2D eigenvalue weighted by atomic mass is 14.2. The lowest BCUT2D eigenvalue weighted by Crippen LogP contribution is -1.91. The van der Waals surface area contributed by atoms with Crippen molar-refractivity contribution in [3.8, 4) is 33.4 Å². The predicted molar refractivity (Wildman–Crippen MR) is 173 cm³/mol. The summed E-state index contributed by atoms with van der Waals surface area (Å²) < 4.78 is 88.1. The maximum Gasteiger partial charge on any atom is 0.0636 e. The van der Waals surface area contributed by atoms with E-state index in [1.54, 1.807) is 0 Å². The van der Waals surface area contributed by atoms with Crippen LogP contribution < -0.4 is 0 Å². The minimum atomic E-state index is -0.528. The first-order valence-electron chi connectivity index (χ1n) is 18.0. The molecule has 0 saturated carbocycles. The summed E-state index contributed by atoms with van der Waals surface area (Å²) in [5.41, 5.74) is 2.02. The van der Waals surface area contributed by atoms with E-state index in [2.05, 4.69) is 30.3 Å². The fraction of sp³-hybridized carbons (Fsp3) is 0. The predicted octanol–water partition coefficient (Wildman–Crippen LogP) is 11.3. The van der Waals surface area contributed by atoms with Crippen LogP contribution in [0.4, 0.5) is 0 Å². The van der Waals surface area contributed by atoms with Crippen molar-refractivity contribution in [2.75, 3.05) is 0 Å². The first kappa shape index (κ1) is 14.8. The zero-order valence-electron chi connectivity index (χ0n) is 31.2. The Labute approximate surface area is 247 Å². The van der Waals surface area contributed by atoms with Gasteiger partial charge in [-0.15, -0.1) is 0 Å². The van der Waals surface area contributed by atoms with Crippen molar-refractivity contribution in [3.63, 3.8) is 0 Å². The highest BCUT2D eigenvalue weighted by Gasteiger charge is 2.17.